The van der Waals surface area contributed by atoms with Crippen LogP contribution in [0.1, 0.15) is 174 Å². The van der Waals surface area contributed by atoms with E-state index in [2.05, 4.69) is 6.92 Å². The van der Waals surface area contributed by atoms with Crippen molar-refractivity contribution in [2.45, 2.75) is 174 Å². The van der Waals surface area contributed by atoms with Crippen molar-refractivity contribution >= 4 is 129 Å². The molecule has 0 aliphatic rings. The van der Waals surface area contributed by atoms with Crippen LogP contribution in [-0.4, -0.2) is 125 Å². The van der Waals surface area contributed by atoms with E-state index >= 15 is 0 Å². The Bertz CT molecular complexity index is 492. The predicted octanol–water partition coefficient (Wildman–Crippen LogP) is 3.35. The molecule has 0 fully saturated rings. The van der Waals surface area contributed by atoms with Gasteiger partial charge in [0, 0.05) is 6.61 Å². The van der Waals surface area contributed by atoms with E-state index in [-0.39, 0.29) is 113 Å². The van der Waals surface area contributed by atoms with Crippen molar-refractivity contribution in [3.8, 4) is 0 Å². The van der Waals surface area contributed by atoms with E-state index in [1.807, 2.05) is 0 Å². The molecule has 0 aromatic heterocycles. The maximum absolute atomic E-state index is 8.75. The molecule has 0 aromatic carbocycles. The van der Waals surface area contributed by atoms with Crippen molar-refractivity contribution < 1.29 is 43.6 Å². The number of hydrogen-bond donors (Lipinski definition) is 1. The Morgan fingerprint density at radius 2 is 0.476 bits per heavy atom. The summed E-state index contributed by atoms with van der Waals surface area (Å²) in [6.45, 7) is 2.67. The van der Waals surface area contributed by atoms with Gasteiger partial charge in [-0.25, -0.2) is 0 Å². The third kappa shape index (κ3) is 90.4. The normalized spacial score (nSPS) is 10.7. The standard InChI is InChI=1S/C28H58O.3Ca.2H3O4P/c1-2-3-4-5-6-7-8-9-10-11-12-13-14-15-16-17-18-19-20-21-22-23-24-25-26-27-28-29;;;;2*1-5(2,3)4/h29H,2-28H2,1H3;;;;2*(H3,1,2,3,4)/q;3*+2;;/p-6. The van der Waals surface area contributed by atoms with Crippen LogP contribution in [0.4, 0.5) is 0 Å². The molecular weight excluding hydrogens is 662 g/mol. The molecule has 0 unspecified atom stereocenters. The molecule has 0 rings (SSSR count). The number of unbranched alkanes of at least 4 members (excludes halogenated alkanes) is 25. The van der Waals surface area contributed by atoms with E-state index < -0.39 is 15.6 Å². The third-order valence-electron chi connectivity index (χ3n) is 6.51. The Labute approximate surface area is 348 Å². The smallest absolute Gasteiger partial charge is 0.822 e. The molecule has 0 atom stereocenters. The molecular formula is C28H58Ca3O9P2. The van der Waals surface area contributed by atoms with Crippen LogP contribution >= 0.6 is 15.6 Å². The molecule has 0 aliphatic carbocycles. The summed E-state index contributed by atoms with van der Waals surface area (Å²) in [7, 11) is -10.8. The predicted molar refractivity (Wildman–Crippen MR) is 165 cm³/mol. The number of phosphoric acid groups is 2. The quantitative estimate of drug-likeness (QED) is 0.0793. The molecule has 0 spiro atoms. The van der Waals surface area contributed by atoms with Gasteiger partial charge in [0.2, 0.25) is 0 Å². The van der Waals surface area contributed by atoms with Crippen molar-refractivity contribution in [2.24, 2.45) is 0 Å². The van der Waals surface area contributed by atoms with Gasteiger partial charge < -0.3 is 43.6 Å². The van der Waals surface area contributed by atoms with Gasteiger partial charge in [0.05, 0.1) is 0 Å². The van der Waals surface area contributed by atoms with Gasteiger partial charge >= 0.3 is 113 Å². The third-order valence-corrected chi connectivity index (χ3v) is 6.51. The summed E-state index contributed by atoms with van der Waals surface area (Å²) in [5, 5.41) is 8.75. The molecule has 0 saturated carbocycles. The van der Waals surface area contributed by atoms with E-state index in [1.54, 1.807) is 0 Å². The fraction of sp³-hybridized carbons (Fsp3) is 1.00. The van der Waals surface area contributed by atoms with Gasteiger partial charge in [0.1, 0.15) is 0 Å². The second kappa shape index (κ2) is 47.1. The molecule has 0 bridgehead atoms. The van der Waals surface area contributed by atoms with Gasteiger partial charge in [-0.1, -0.05) is 167 Å². The fourth-order valence-corrected chi connectivity index (χ4v) is 4.43. The molecule has 1 N–H and O–H groups in total. The van der Waals surface area contributed by atoms with Crippen molar-refractivity contribution in [1.82, 2.24) is 0 Å². The Hall–Kier alpha value is 3.96. The molecule has 0 saturated heterocycles. The average molecular weight is 721 g/mol. The van der Waals surface area contributed by atoms with Crippen LogP contribution in [-0.2, 0) is 9.13 Å². The minimum absolute atomic E-state index is 0. The van der Waals surface area contributed by atoms with Gasteiger partial charge in [-0.15, -0.1) is 0 Å². The fourth-order valence-electron chi connectivity index (χ4n) is 4.43. The maximum Gasteiger partial charge on any atom is 2.00 e. The van der Waals surface area contributed by atoms with E-state index in [4.69, 9.17) is 43.6 Å². The van der Waals surface area contributed by atoms with Gasteiger partial charge in [0.15, 0.2) is 0 Å². The Kier molecular flexibility index (Phi) is 65.2. The van der Waals surface area contributed by atoms with E-state index in [1.165, 1.54) is 161 Å². The average Bonchev–Trinajstić information content (AvgIpc) is 2.82. The van der Waals surface area contributed by atoms with Crippen molar-refractivity contribution in [2.75, 3.05) is 6.61 Å². The Morgan fingerprint density at radius 1 is 0.357 bits per heavy atom. The Balaban J connectivity index is -0.000000213. The van der Waals surface area contributed by atoms with Gasteiger partial charge in [0.25, 0.3) is 0 Å². The summed E-state index contributed by atoms with van der Waals surface area (Å²) in [5.41, 5.74) is 0. The first-order chi connectivity index (χ1) is 18.4. The molecule has 0 aliphatic heterocycles. The van der Waals surface area contributed by atoms with Crippen LogP contribution in [0.5, 0.6) is 0 Å². The molecule has 9 nitrogen and oxygen atoms in total. The summed E-state index contributed by atoms with van der Waals surface area (Å²) in [6.07, 6.45) is 37.1. The molecule has 0 aromatic rings. The zero-order valence-electron chi connectivity index (χ0n) is 26.8. The topological polar surface area (TPSA) is 193 Å². The second-order valence-corrected chi connectivity index (χ2v) is 12.2. The first-order valence-electron chi connectivity index (χ1n) is 15.5. The van der Waals surface area contributed by atoms with E-state index in [9.17, 15) is 0 Å². The van der Waals surface area contributed by atoms with Crippen molar-refractivity contribution in [1.29, 1.82) is 0 Å². The van der Waals surface area contributed by atoms with Crippen molar-refractivity contribution in [3.63, 3.8) is 0 Å². The van der Waals surface area contributed by atoms with Gasteiger partial charge in [-0.05, 0) is 6.42 Å². The van der Waals surface area contributed by atoms with Gasteiger partial charge in [-0.2, -0.15) is 15.6 Å². The minimum Gasteiger partial charge on any atom is -0.822 e. The summed E-state index contributed by atoms with van der Waals surface area (Å²) >= 11 is 0. The maximum atomic E-state index is 8.75. The zero-order chi connectivity index (χ0) is 30.1. The van der Waals surface area contributed by atoms with Crippen LogP contribution < -0.4 is 29.4 Å². The SMILES string of the molecule is CCCCCCCCCCCCCCCCCCCCCCCCCCCCO.O=P([O-])([O-])[O-].O=P([O-])([O-])[O-].[Ca+2].[Ca+2].[Ca+2]. The van der Waals surface area contributed by atoms with Crippen LogP contribution in [0.15, 0.2) is 0 Å². The zero-order valence-corrected chi connectivity index (χ0v) is 35.2. The molecule has 0 radical (unpaired) electrons. The number of aliphatic hydroxyl groups is 1. The number of hydrogen-bond acceptors (Lipinski definition) is 9. The Morgan fingerprint density at radius 3 is 0.595 bits per heavy atom. The number of aliphatic hydroxyl groups excluding tert-OH is 1. The monoisotopic (exact) mass is 720 g/mol. The summed E-state index contributed by atoms with van der Waals surface area (Å²) in [6, 6.07) is 0. The molecule has 240 valence electrons. The van der Waals surface area contributed by atoms with Crippen LogP contribution in [0.2, 0.25) is 0 Å². The van der Waals surface area contributed by atoms with E-state index in [0.29, 0.717) is 6.61 Å². The second-order valence-electron chi connectivity index (χ2n) is 10.5. The summed E-state index contributed by atoms with van der Waals surface area (Å²) in [4.78, 5) is 51.3. The first kappa shape index (κ1) is 58.2. The van der Waals surface area contributed by atoms with E-state index in [0.717, 1.165) is 6.42 Å². The largest absolute Gasteiger partial charge is 2.00 e. The van der Waals surface area contributed by atoms with Gasteiger partial charge in [-0.3, -0.25) is 0 Å². The minimum atomic E-state index is -5.39. The summed E-state index contributed by atoms with van der Waals surface area (Å²) in [5.74, 6) is 0. The molecule has 0 amide bonds. The van der Waals surface area contributed by atoms with Crippen molar-refractivity contribution in [3.05, 3.63) is 0 Å². The molecule has 14 heteroatoms. The molecule has 42 heavy (non-hydrogen) atoms. The number of rotatable bonds is 26. The van der Waals surface area contributed by atoms with Crippen LogP contribution in [0.3, 0.4) is 0 Å². The van der Waals surface area contributed by atoms with Crippen LogP contribution in [0.25, 0.3) is 0 Å². The summed E-state index contributed by atoms with van der Waals surface area (Å²) < 4.78 is 17.1. The first-order valence-corrected chi connectivity index (χ1v) is 18.4. The molecule has 0 heterocycles. The van der Waals surface area contributed by atoms with Crippen LogP contribution in [0, 0.1) is 0 Å².